The maximum Gasteiger partial charge on any atom is 1.00 e. The van der Waals surface area contributed by atoms with Crippen molar-refractivity contribution in [1.82, 2.24) is 0 Å². The molecule has 2 N–H and O–H groups in total. The molecule has 4 heteroatoms. The van der Waals surface area contributed by atoms with Crippen LogP contribution in [0.25, 0.3) is 0 Å². The molecule has 0 aliphatic heterocycles. The molecule has 0 rings (SSSR count). The Bertz CT molecular complexity index is 81.5. The molecular weight excluding hydrogens is 183 g/mol. The second kappa shape index (κ2) is 22.7. The molecule has 0 saturated heterocycles. The van der Waals surface area contributed by atoms with Gasteiger partial charge in [0, 0.05) is 0 Å². The zero-order valence-electron chi connectivity index (χ0n) is 8.70. The Morgan fingerprint density at radius 1 is 1.08 bits per heavy atom. The third kappa shape index (κ3) is 30.6. The van der Waals surface area contributed by atoms with E-state index in [0.717, 1.165) is 0 Å². The number of hydrogen-bond acceptors (Lipinski definition) is 3. The summed E-state index contributed by atoms with van der Waals surface area (Å²) in [6, 6.07) is 0. The summed E-state index contributed by atoms with van der Waals surface area (Å²) in [7, 11) is 0. The Kier molecular flexibility index (Phi) is 35.4. The summed E-state index contributed by atoms with van der Waals surface area (Å²) < 4.78 is 4.90. The van der Waals surface area contributed by atoms with Gasteiger partial charge in [-0.05, 0) is 0 Å². The topological polar surface area (TPSA) is 49.7 Å². The molecule has 68 valence electrons. The standard InChI is InChI=1S/C6H10O.C2H6O2.K.H/c1-3-5-7-6-4-2;3-1-2-4;;/h3-4H,1-2,5-6H2;3-4H,1-2H2;;/q;;+1;-1. The zero-order valence-corrected chi connectivity index (χ0v) is 10.8. The van der Waals surface area contributed by atoms with Crippen LogP contribution in [0.15, 0.2) is 25.3 Å². The van der Waals surface area contributed by atoms with Gasteiger partial charge in [-0.1, -0.05) is 12.2 Å². The van der Waals surface area contributed by atoms with Crippen LogP contribution in [0, 0.1) is 0 Å². The van der Waals surface area contributed by atoms with E-state index in [2.05, 4.69) is 13.2 Å². The summed E-state index contributed by atoms with van der Waals surface area (Å²) in [5.74, 6) is 0. The predicted octanol–water partition coefficient (Wildman–Crippen LogP) is -2.54. The first-order valence-electron chi connectivity index (χ1n) is 3.34. The zero-order chi connectivity index (χ0) is 8.95. The molecule has 0 amide bonds. The number of hydrogen-bond donors (Lipinski definition) is 2. The predicted molar refractivity (Wildman–Crippen MR) is 46.5 cm³/mol. The Morgan fingerprint density at radius 3 is 1.58 bits per heavy atom. The van der Waals surface area contributed by atoms with Crippen LogP contribution in [0.2, 0.25) is 0 Å². The van der Waals surface area contributed by atoms with E-state index in [0.29, 0.717) is 13.2 Å². The van der Waals surface area contributed by atoms with Crippen molar-refractivity contribution < 1.29 is 67.8 Å². The second-order valence-corrected chi connectivity index (χ2v) is 1.56. The number of rotatable bonds is 5. The van der Waals surface area contributed by atoms with Gasteiger partial charge in [-0.3, -0.25) is 0 Å². The third-order valence-corrected chi connectivity index (χ3v) is 0.571. The third-order valence-electron chi connectivity index (χ3n) is 0.571. The molecule has 0 fully saturated rings. The molecule has 0 aliphatic carbocycles. The molecule has 0 radical (unpaired) electrons. The van der Waals surface area contributed by atoms with E-state index in [4.69, 9.17) is 14.9 Å². The first-order chi connectivity index (χ1) is 5.33. The van der Waals surface area contributed by atoms with E-state index in [-0.39, 0.29) is 66.0 Å². The van der Waals surface area contributed by atoms with E-state index >= 15 is 0 Å². The van der Waals surface area contributed by atoms with Crippen LogP contribution in [-0.2, 0) is 4.74 Å². The van der Waals surface area contributed by atoms with Crippen LogP contribution >= 0.6 is 0 Å². The molecule has 0 spiro atoms. The maximum absolute atomic E-state index is 7.62. The van der Waals surface area contributed by atoms with Gasteiger partial charge in [0.15, 0.2) is 0 Å². The summed E-state index contributed by atoms with van der Waals surface area (Å²) in [6.07, 6.45) is 3.42. The number of ether oxygens (including phenoxy) is 1. The van der Waals surface area contributed by atoms with Crippen molar-refractivity contribution in [3.8, 4) is 0 Å². The van der Waals surface area contributed by atoms with Crippen molar-refractivity contribution in [3.63, 3.8) is 0 Å². The normalized spacial score (nSPS) is 7.17. The summed E-state index contributed by atoms with van der Waals surface area (Å²) >= 11 is 0. The molecule has 0 aromatic heterocycles. The Balaban J connectivity index is -0.0000000600. The van der Waals surface area contributed by atoms with E-state index in [1.165, 1.54) is 0 Å². The van der Waals surface area contributed by atoms with Gasteiger partial charge >= 0.3 is 51.4 Å². The largest absolute Gasteiger partial charge is 1.00 e. The van der Waals surface area contributed by atoms with Gasteiger partial charge in [-0.2, -0.15) is 0 Å². The van der Waals surface area contributed by atoms with Crippen LogP contribution in [0.4, 0.5) is 0 Å². The molecule has 0 aliphatic rings. The molecule has 0 unspecified atom stereocenters. The fourth-order valence-electron chi connectivity index (χ4n) is 0.235. The minimum Gasteiger partial charge on any atom is -1.00 e. The second-order valence-electron chi connectivity index (χ2n) is 1.56. The fourth-order valence-corrected chi connectivity index (χ4v) is 0.235. The minimum absolute atomic E-state index is 0. The van der Waals surface area contributed by atoms with E-state index in [9.17, 15) is 0 Å². The summed E-state index contributed by atoms with van der Waals surface area (Å²) in [4.78, 5) is 0. The van der Waals surface area contributed by atoms with Crippen LogP contribution in [0.1, 0.15) is 1.43 Å². The first-order valence-corrected chi connectivity index (χ1v) is 3.34. The van der Waals surface area contributed by atoms with Crippen LogP contribution in [-0.4, -0.2) is 36.6 Å². The van der Waals surface area contributed by atoms with Gasteiger partial charge in [0.25, 0.3) is 0 Å². The van der Waals surface area contributed by atoms with Crippen molar-refractivity contribution in [2.24, 2.45) is 0 Å². The molecular formula is C8H17KO3. The van der Waals surface area contributed by atoms with Crippen LogP contribution < -0.4 is 51.4 Å². The fraction of sp³-hybridized carbons (Fsp3) is 0.500. The molecule has 12 heavy (non-hydrogen) atoms. The molecule has 0 atom stereocenters. The Hall–Kier alpha value is 0.996. The summed E-state index contributed by atoms with van der Waals surface area (Å²) in [5, 5.41) is 15.2. The van der Waals surface area contributed by atoms with E-state index in [1.54, 1.807) is 12.2 Å². The minimum atomic E-state index is -0.125. The number of aliphatic hydroxyl groups excluding tert-OH is 2. The van der Waals surface area contributed by atoms with Crippen LogP contribution in [0.5, 0.6) is 0 Å². The van der Waals surface area contributed by atoms with Crippen molar-refractivity contribution >= 4 is 0 Å². The Labute approximate surface area is 118 Å². The molecule has 0 heterocycles. The van der Waals surface area contributed by atoms with Crippen molar-refractivity contribution in [2.45, 2.75) is 0 Å². The first kappa shape index (κ1) is 18.7. The molecule has 3 nitrogen and oxygen atoms in total. The van der Waals surface area contributed by atoms with E-state index in [1.807, 2.05) is 0 Å². The number of aliphatic hydroxyl groups is 2. The van der Waals surface area contributed by atoms with Gasteiger partial charge in [-0.25, -0.2) is 0 Å². The van der Waals surface area contributed by atoms with E-state index < -0.39 is 0 Å². The van der Waals surface area contributed by atoms with Gasteiger partial charge in [0.1, 0.15) is 0 Å². The van der Waals surface area contributed by atoms with Gasteiger partial charge in [-0.15, -0.1) is 13.2 Å². The van der Waals surface area contributed by atoms with Gasteiger partial charge < -0.3 is 16.4 Å². The summed E-state index contributed by atoms with van der Waals surface area (Å²) in [6.45, 7) is 7.93. The average Bonchev–Trinajstić information content (AvgIpc) is 2.06. The average molecular weight is 200 g/mol. The molecule has 0 bridgehead atoms. The maximum atomic E-state index is 7.62. The smallest absolute Gasteiger partial charge is 1.00 e. The molecule has 0 aromatic carbocycles. The Morgan fingerprint density at radius 2 is 1.42 bits per heavy atom. The van der Waals surface area contributed by atoms with Gasteiger partial charge in [0.05, 0.1) is 26.4 Å². The SMILES string of the molecule is C=CCOCC=C.OCCO.[H-].[K+]. The summed E-state index contributed by atoms with van der Waals surface area (Å²) in [5.41, 5.74) is 0. The quantitative estimate of drug-likeness (QED) is 0.292. The van der Waals surface area contributed by atoms with Crippen molar-refractivity contribution in [3.05, 3.63) is 25.3 Å². The monoisotopic (exact) mass is 200 g/mol. The van der Waals surface area contributed by atoms with Crippen LogP contribution in [0.3, 0.4) is 0 Å². The van der Waals surface area contributed by atoms with Crippen molar-refractivity contribution in [2.75, 3.05) is 26.4 Å². The van der Waals surface area contributed by atoms with Gasteiger partial charge in [0.2, 0.25) is 0 Å². The molecule has 0 saturated carbocycles. The molecule has 0 aromatic rings. The van der Waals surface area contributed by atoms with Crippen molar-refractivity contribution in [1.29, 1.82) is 0 Å².